The molecule has 28 heavy (non-hydrogen) atoms. The van der Waals surface area contributed by atoms with E-state index < -0.39 is 12.6 Å². The summed E-state index contributed by atoms with van der Waals surface area (Å²) in [5.74, 6) is 3.39. The van der Waals surface area contributed by atoms with Gasteiger partial charge in [-0.2, -0.15) is 13.2 Å². The quantitative estimate of drug-likeness (QED) is 0.450. The number of rotatable bonds is 7. The summed E-state index contributed by atoms with van der Waals surface area (Å²) < 4.78 is 48.7. The minimum Gasteiger partial charge on any atom is -0.352 e. The fraction of sp³-hybridized carbons (Fsp3) is 1.00. The first kappa shape index (κ1) is 22.4. The van der Waals surface area contributed by atoms with Crippen molar-refractivity contribution in [2.45, 2.75) is 103 Å². The van der Waals surface area contributed by atoms with E-state index in [1.807, 2.05) is 0 Å². The second-order valence-corrected chi connectivity index (χ2v) is 9.65. The zero-order valence-electron chi connectivity index (χ0n) is 17.5. The third-order valence-corrected chi connectivity index (χ3v) is 7.52. The van der Waals surface area contributed by atoms with Crippen LogP contribution in [-0.2, 0) is 9.47 Å². The molecule has 0 spiro atoms. The second-order valence-electron chi connectivity index (χ2n) is 9.65. The molecule has 0 aromatic heterocycles. The maximum absolute atomic E-state index is 12.3. The first-order chi connectivity index (χ1) is 13.4. The summed E-state index contributed by atoms with van der Waals surface area (Å²) in [6, 6.07) is 0. The highest BCUT2D eigenvalue weighted by Crippen LogP contribution is 2.43. The Kier molecular flexibility index (Phi) is 8.52. The van der Waals surface area contributed by atoms with Crippen LogP contribution in [0.1, 0.15) is 90.4 Å². The van der Waals surface area contributed by atoms with Crippen LogP contribution in [0.2, 0.25) is 0 Å². The van der Waals surface area contributed by atoms with E-state index in [1.165, 1.54) is 64.2 Å². The first-order valence-electron chi connectivity index (χ1n) is 11.7. The molecule has 2 aliphatic carbocycles. The lowest BCUT2D eigenvalue weighted by molar-refractivity contribution is -0.231. The van der Waals surface area contributed by atoms with Crippen molar-refractivity contribution >= 4 is 0 Å². The third-order valence-electron chi connectivity index (χ3n) is 7.52. The van der Waals surface area contributed by atoms with Gasteiger partial charge < -0.3 is 9.47 Å². The van der Waals surface area contributed by atoms with Gasteiger partial charge in [0.05, 0.1) is 13.2 Å². The van der Waals surface area contributed by atoms with Crippen molar-refractivity contribution < 1.29 is 22.6 Å². The molecule has 3 aliphatic rings. The monoisotopic (exact) mass is 404 g/mol. The molecule has 3 rings (SSSR count). The fourth-order valence-electron chi connectivity index (χ4n) is 5.83. The van der Waals surface area contributed by atoms with E-state index in [0.717, 1.165) is 17.8 Å². The first-order valence-corrected chi connectivity index (χ1v) is 11.7. The molecule has 0 unspecified atom stereocenters. The van der Waals surface area contributed by atoms with Gasteiger partial charge in [-0.15, -0.1) is 0 Å². The molecule has 2 nitrogen and oxygen atoms in total. The third kappa shape index (κ3) is 6.90. The Labute approximate surface area is 168 Å². The molecule has 3 fully saturated rings. The maximum atomic E-state index is 12.3. The minimum atomic E-state index is -4.05. The molecule has 1 aliphatic heterocycles. The average molecular weight is 405 g/mol. The summed E-state index contributed by atoms with van der Waals surface area (Å²) in [6.45, 7) is 3.42. The molecule has 0 aromatic rings. The molecule has 0 radical (unpaired) electrons. The van der Waals surface area contributed by atoms with Crippen LogP contribution in [0.25, 0.3) is 0 Å². The Hall–Kier alpha value is -0.290. The maximum Gasteiger partial charge on any atom is 0.389 e. The van der Waals surface area contributed by atoms with Crippen molar-refractivity contribution in [2.75, 3.05) is 13.2 Å². The van der Waals surface area contributed by atoms with Crippen LogP contribution in [0.3, 0.4) is 0 Å². The smallest absolute Gasteiger partial charge is 0.352 e. The van der Waals surface area contributed by atoms with E-state index in [4.69, 9.17) is 9.47 Å². The van der Waals surface area contributed by atoms with Gasteiger partial charge in [-0.1, -0.05) is 32.6 Å². The van der Waals surface area contributed by atoms with Crippen LogP contribution in [0.15, 0.2) is 0 Å². The van der Waals surface area contributed by atoms with Gasteiger partial charge in [0, 0.05) is 18.3 Å². The van der Waals surface area contributed by atoms with E-state index in [2.05, 4.69) is 6.92 Å². The molecule has 0 bridgehead atoms. The van der Waals surface area contributed by atoms with Crippen LogP contribution in [-0.4, -0.2) is 25.7 Å². The van der Waals surface area contributed by atoms with Crippen molar-refractivity contribution in [1.29, 1.82) is 0 Å². The zero-order chi connectivity index (χ0) is 20.0. The molecule has 0 N–H and O–H groups in total. The zero-order valence-corrected chi connectivity index (χ0v) is 17.5. The molecular formula is C23H39F3O2. The van der Waals surface area contributed by atoms with Gasteiger partial charge in [0.1, 0.15) is 0 Å². The summed E-state index contributed by atoms with van der Waals surface area (Å²) in [7, 11) is 0. The van der Waals surface area contributed by atoms with Crippen molar-refractivity contribution in [3.63, 3.8) is 0 Å². The number of hydrogen-bond acceptors (Lipinski definition) is 2. The normalized spacial score (nSPS) is 37.7. The van der Waals surface area contributed by atoms with Crippen molar-refractivity contribution in [3.05, 3.63) is 0 Å². The average Bonchev–Trinajstić information content (AvgIpc) is 2.69. The van der Waals surface area contributed by atoms with Gasteiger partial charge in [-0.25, -0.2) is 0 Å². The highest BCUT2D eigenvalue weighted by Gasteiger charge is 2.36. The van der Waals surface area contributed by atoms with Gasteiger partial charge in [0.2, 0.25) is 0 Å². The SMILES string of the molecule is CCC[C@H]1CC[C@H]([C@H]2CC[C@H]([C@H]3OC[C@H](CCCC(F)(F)F)CO3)CC2)CC1. The van der Waals surface area contributed by atoms with Gasteiger partial charge in [0.15, 0.2) is 6.29 Å². The summed E-state index contributed by atoms with van der Waals surface area (Å²) in [4.78, 5) is 0. The number of ether oxygens (including phenoxy) is 2. The molecule has 164 valence electrons. The largest absolute Gasteiger partial charge is 0.389 e. The Morgan fingerprint density at radius 1 is 0.714 bits per heavy atom. The minimum absolute atomic E-state index is 0.119. The van der Waals surface area contributed by atoms with Crippen LogP contribution < -0.4 is 0 Å². The molecule has 0 amide bonds. The Bertz CT molecular complexity index is 430. The van der Waals surface area contributed by atoms with Crippen LogP contribution in [0, 0.1) is 29.6 Å². The summed E-state index contributed by atoms with van der Waals surface area (Å²) >= 11 is 0. The topological polar surface area (TPSA) is 18.5 Å². The molecule has 0 aromatic carbocycles. The number of halogens is 3. The van der Waals surface area contributed by atoms with Crippen LogP contribution >= 0.6 is 0 Å². The molecule has 1 heterocycles. The number of alkyl halides is 3. The fourth-order valence-corrected chi connectivity index (χ4v) is 5.83. The lowest BCUT2D eigenvalue weighted by Gasteiger charge is -2.41. The molecule has 5 heteroatoms. The van der Waals surface area contributed by atoms with Crippen molar-refractivity contribution in [1.82, 2.24) is 0 Å². The Balaban J connectivity index is 1.31. The van der Waals surface area contributed by atoms with E-state index >= 15 is 0 Å². The Morgan fingerprint density at radius 2 is 1.25 bits per heavy atom. The van der Waals surface area contributed by atoms with E-state index in [-0.39, 0.29) is 18.6 Å². The highest BCUT2D eigenvalue weighted by molar-refractivity contribution is 4.83. The highest BCUT2D eigenvalue weighted by atomic mass is 19.4. The standard InChI is InChI=1S/C23H39F3O2/c1-2-4-17-6-8-19(9-7-17)20-10-12-21(13-11-20)22-27-15-18(16-28-22)5-3-14-23(24,25)26/h17-22H,2-16H2,1H3/t17-,18-,19-,20-,21-,22-. The van der Waals surface area contributed by atoms with Gasteiger partial charge in [-0.05, 0) is 69.1 Å². The number of hydrogen-bond donors (Lipinski definition) is 0. The van der Waals surface area contributed by atoms with Gasteiger partial charge in [-0.3, -0.25) is 0 Å². The second kappa shape index (κ2) is 10.7. The summed E-state index contributed by atoms with van der Waals surface area (Å²) in [5.41, 5.74) is 0. The van der Waals surface area contributed by atoms with Crippen LogP contribution in [0.4, 0.5) is 13.2 Å². The van der Waals surface area contributed by atoms with E-state index in [1.54, 1.807) is 0 Å². The van der Waals surface area contributed by atoms with E-state index in [0.29, 0.717) is 25.6 Å². The van der Waals surface area contributed by atoms with Gasteiger partial charge in [0.25, 0.3) is 0 Å². The summed E-state index contributed by atoms with van der Waals surface area (Å²) in [6.07, 6.45) is 9.26. The lowest BCUT2D eigenvalue weighted by Crippen LogP contribution is -2.39. The van der Waals surface area contributed by atoms with Gasteiger partial charge >= 0.3 is 6.18 Å². The predicted octanol–water partition coefficient (Wildman–Crippen LogP) is 7.12. The van der Waals surface area contributed by atoms with Crippen molar-refractivity contribution in [2.24, 2.45) is 29.6 Å². The van der Waals surface area contributed by atoms with E-state index in [9.17, 15) is 13.2 Å². The Morgan fingerprint density at radius 3 is 1.79 bits per heavy atom. The lowest BCUT2D eigenvalue weighted by atomic mass is 9.68. The molecular weight excluding hydrogens is 365 g/mol. The molecule has 2 saturated carbocycles. The predicted molar refractivity (Wildman–Crippen MR) is 105 cm³/mol. The van der Waals surface area contributed by atoms with Crippen molar-refractivity contribution in [3.8, 4) is 0 Å². The van der Waals surface area contributed by atoms with Crippen LogP contribution in [0.5, 0.6) is 0 Å². The molecule has 0 atom stereocenters. The molecule has 1 saturated heterocycles. The summed E-state index contributed by atoms with van der Waals surface area (Å²) in [5, 5.41) is 0.